The standard InChI is InChI=1S/C25H23F3N4O2/c1-16-14-31(15-29-16)21-10-5-17(13-22(21)33-2)12-18-4-3-11-32-23(18)30-34-25(32,24(27)28)19-6-8-20(26)9-7-19/h5-10,12-15,24H,3-4,11H2,1-2H3/b18-12+. The normalized spacial score (nSPS) is 20.9. The molecule has 0 aliphatic carbocycles. The van der Waals surface area contributed by atoms with Crippen molar-refractivity contribution in [2.24, 2.45) is 5.16 Å². The molecule has 0 bridgehead atoms. The van der Waals surface area contributed by atoms with Gasteiger partial charge in [0.05, 0.1) is 24.8 Å². The third-order valence-electron chi connectivity index (χ3n) is 6.13. The van der Waals surface area contributed by atoms with E-state index < -0.39 is 18.0 Å². The second-order valence-corrected chi connectivity index (χ2v) is 8.29. The fourth-order valence-corrected chi connectivity index (χ4v) is 4.48. The summed E-state index contributed by atoms with van der Waals surface area (Å²) < 4.78 is 49.8. The third-order valence-corrected chi connectivity index (χ3v) is 6.13. The van der Waals surface area contributed by atoms with E-state index in [2.05, 4.69) is 10.1 Å². The molecule has 34 heavy (non-hydrogen) atoms. The van der Waals surface area contributed by atoms with Crippen molar-refractivity contribution >= 4 is 11.9 Å². The van der Waals surface area contributed by atoms with Crippen LogP contribution in [0, 0.1) is 12.7 Å². The number of hydrogen-bond acceptors (Lipinski definition) is 5. The molecule has 1 saturated heterocycles. The molecule has 3 aromatic rings. The van der Waals surface area contributed by atoms with E-state index in [1.54, 1.807) is 13.4 Å². The van der Waals surface area contributed by atoms with Crippen LogP contribution in [0.15, 0.2) is 65.7 Å². The van der Waals surface area contributed by atoms with Crippen molar-refractivity contribution in [1.29, 1.82) is 0 Å². The van der Waals surface area contributed by atoms with E-state index in [-0.39, 0.29) is 5.56 Å². The first-order valence-corrected chi connectivity index (χ1v) is 10.9. The van der Waals surface area contributed by atoms with E-state index in [0.717, 1.165) is 34.7 Å². The number of halogens is 3. The Bertz CT molecular complexity index is 1270. The van der Waals surface area contributed by atoms with Crippen molar-refractivity contribution in [1.82, 2.24) is 14.5 Å². The number of imidazole rings is 1. The SMILES string of the molecule is COc1cc(/C=C2\CCCN3C2=NOC3(c2ccc(F)cc2)C(F)F)ccc1-n1cnc(C)c1. The number of aryl methyl sites for hydroxylation is 1. The molecule has 1 fully saturated rings. The van der Waals surface area contributed by atoms with E-state index in [4.69, 9.17) is 9.57 Å². The molecule has 5 rings (SSSR count). The van der Waals surface area contributed by atoms with Crippen LogP contribution in [0.1, 0.15) is 29.7 Å². The quantitative estimate of drug-likeness (QED) is 0.512. The minimum absolute atomic E-state index is 0.158. The lowest BCUT2D eigenvalue weighted by Crippen LogP contribution is -2.53. The van der Waals surface area contributed by atoms with Crippen LogP contribution >= 0.6 is 0 Å². The van der Waals surface area contributed by atoms with Crippen LogP contribution in [-0.4, -0.2) is 40.4 Å². The van der Waals surface area contributed by atoms with E-state index in [9.17, 15) is 13.2 Å². The Kier molecular flexibility index (Phi) is 5.55. The van der Waals surface area contributed by atoms with Crippen LogP contribution in [0.25, 0.3) is 11.8 Å². The molecule has 1 atom stereocenters. The van der Waals surface area contributed by atoms with Crippen LogP contribution in [0.2, 0.25) is 0 Å². The maximum absolute atomic E-state index is 14.4. The zero-order chi connectivity index (χ0) is 23.9. The first-order valence-electron chi connectivity index (χ1n) is 10.9. The summed E-state index contributed by atoms with van der Waals surface area (Å²) in [6, 6.07) is 10.7. The molecule has 2 aromatic carbocycles. The molecule has 6 nitrogen and oxygen atoms in total. The van der Waals surface area contributed by atoms with Crippen molar-refractivity contribution < 1.29 is 22.7 Å². The summed E-state index contributed by atoms with van der Waals surface area (Å²) in [5.41, 5.74) is 1.43. The number of rotatable bonds is 5. The molecule has 0 radical (unpaired) electrons. The zero-order valence-electron chi connectivity index (χ0n) is 18.7. The average Bonchev–Trinajstić information content (AvgIpc) is 3.44. The summed E-state index contributed by atoms with van der Waals surface area (Å²) in [5, 5.41) is 4.08. The molecule has 176 valence electrons. The highest BCUT2D eigenvalue weighted by Gasteiger charge is 2.56. The molecule has 2 aliphatic heterocycles. The molecule has 0 saturated carbocycles. The Morgan fingerprint density at radius 1 is 1.18 bits per heavy atom. The predicted octanol–water partition coefficient (Wildman–Crippen LogP) is 5.27. The molecule has 1 unspecified atom stereocenters. The van der Waals surface area contributed by atoms with Gasteiger partial charge in [0.2, 0.25) is 0 Å². The molecule has 9 heteroatoms. The van der Waals surface area contributed by atoms with E-state index in [0.29, 0.717) is 31.0 Å². The predicted molar refractivity (Wildman–Crippen MR) is 121 cm³/mol. The highest BCUT2D eigenvalue weighted by molar-refractivity contribution is 6.03. The number of methoxy groups -OCH3 is 1. The first-order chi connectivity index (χ1) is 16.4. The van der Waals surface area contributed by atoms with Crippen molar-refractivity contribution in [3.05, 3.63) is 83.2 Å². The number of benzene rings is 2. The van der Waals surface area contributed by atoms with Crippen molar-refractivity contribution in [3.8, 4) is 11.4 Å². The van der Waals surface area contributed by atoms with Crippen LogP contribution in [-0.2, 0) is 10.6 Å². The van der Waals surface area contributed by atoms with Gasteiger partial charge in [-0.2, -0.15) is 0 Å². The number of amidine groups is 1. The van der Waals surface area contributed by atoms with Gasteiger partial charge in [-0.25, -0.2) is 18.2 Å². The van der Waals surface area contributed by atoms with Gasteiger partial charge in [-0.1, -0.05) is 11.2 Å². The monoisotopic (exact) mass is 468 g/mol. The smallest absolute Gasteiger partial charge is 0.303 e. The van der Waals surface area contributed by atoms with Gasteiger partial charge in [0.1, 0.15) is 11.6 Å². The fraction of sp³-hybridized carbons (Fsp3) is 0.280. The highest BCUT2D eigenvalue weighted by Crippen LogP contribution is 2.44. The van der Waals surface area contributed by atoms with Gasteiger partial charge in [0.15, 0.2) is 5.84 Å². The highest BCUT2D eigenvalue weighted by atomic mass is 19.3. The van der Waals surface area contributed by atoms with Crippen LogP contribution in [0.4, 0.5) is 13.2 Å². The number of alkyl halides is 2. The number of hydrogen-bond donors (Lipinski definition) is 0. The molecule has 0 N–H and O–H groups in total. The van der Waals surface area contributed by atoms with Crippen LogP contribution < -0.4 is 4.74 Å². The van der Waals surface area contributed by atoms with Gasteiger partial charge in [0.25, 0.3) is 5.72 Å². The molecular formula is C25H23F3N4O2. The van der Waals surface area contributed by atoms with Gasteiger partial charge < -0.3 is 19.0 Å². The zero-order valence-corrected chi connectivity index (χ0v) is 18.7. The van der Waals surface area contributed by atoms with Crippen LogP contribution in [0.5, 0.6) is 5.75 Å². The average molecular weight is 468 g/mol. The topological polar surface area (TPSA) is 51.9 Å². The number of aromatic nitrogens is 2. The number of nitrogens with zero attached hydrogens (tertiary/aromatic N) is 4. The summed E-state index contributed by atoms with van der Waals surface area (Å²) in [5.74, 6) is 0.510. The summed E-state index contributed by atoms with van der Waals surface area (Å²) >= 11 is 0. The molecular weight excluding hydrogens is 445 g/mol. The molecule has 1 aromatic heterocycles. The maximum Gasteiger partial charge on any atom is 0.303 e. The fourth-order valence-electron chi connectivity index (χ4n) is 4.48. The Morgan fingerprint density at radius 3 is 2.65 bits per heavy atom. The molecule has 0 spiro atoms. The summed E-state index contributed by atoms with van der Waals surface area (Å²) in [7, 11) is 1.59. The number of oxime groups is 1. The van der Waals surface area contributed by atoms with Crippen LogP contribution in [0.3, 0.4) is 0 Å². The summed E-state index contributed by atoms with van der Waals surface area (Å²) in [6.07, 6.45) is 3.94. The van der Waals surface area contributed by atoms with Crippen molar-refractivity contribution in [2.45, 2.75) is 31.9 Å². The van der Waals surface area contributed by atoms with Gasteiger partial charge in [0, 0.05) is 18.3 Å². The minimum atomic E-state index is -2.89. The lowest BCUT2D eigenvalue weighted by molar-refractivity contribution is -0.194. The van der Waals surface area contributed by atoms with Gasteiger partial charge >= 0.3 is 6.43 Å². The summed E-state index contributed by atoms with van der Waals surface area (Å²) in [4.78, 5) is 11.2. The Balaban J connectivity index is 1.49. The van der Waals surface area contributed by atoms with Crippen molar-refractivity contribution in [2.75, 3.05) is 13.7 Å². The number of piperidine rings is 1. The minimum Gasteiger partial charge on any atom is -0.495 e. The second-order valence-electron chi connectivity index (χ2n) is 8.29. The molecule has 3 heterocycles. The number of ether oxygens (including phenoxy) is 1. The lowest BCUT2D eigenvalue weighted by Gasteiger charge is -2.39. The largest absolute Gasteiger partial charge is 0.495 e. The second kappa shape index (κ2) is 8.55. The Hall–Kier alpha value is -3.75. The summed E-state index contributed by atoms with van der Waals surface area (Å²) in [6.45, 7) is 2.26. The Labute approximate surface area is 194 Å². The van der Waals surface area contributed by atoms with E-state index >= 15 is 0 Å². The maximum atomic E-state index is 14.4. The van der Waals surface area contributed by atoms with E-state index in [1.165, 1.54) is 17.0 Å². The van der Waals surface area contributed by atoms with Gasteiger partial charge in [-0.05, 0) is 73.4 Å². The first kappa shape index (κ1) is 22.1. The molecule has 0 amide bonds. The third kappa shape index (κ3) is 3.61. The Morgan fingerprint density at radius 2 is 1.97 bits per heavy atom. The van der Waals surface area contributed by atoms with Gasteiger partial charge in [-0.3, -0.25) is 0 Å². The lowest BCUT2D eigenvalue weighted by atomic mass is 9.94. The van der Waals surface area contributed by atoms with Gasteiger partial charge in [-0.15, -0.1) is 0 Å². The number of fused-ring (bicyclic) bond motifs is 1. The molecule has 2 aliphatic rings. The van der Waals surface area contributed by atoms with Crippen molar-refractivity contribution in [3.63, 3.8) is 0 Å². The van der Waals surface area contributed by atoms with E-state index in [1.807, 2.05) is 42.0 Å².